The highest BCUT2D eigenvalue weighted by Crippen LogP contribution is 2.29. The van der Waals surface area contributed by atoms with Crippen molar-refractivity contribution < 1.29 is 23.8 Å². The fraction of sp³-hybridized carbons (Fsp3) is 0.235. The van der Waals surface area contributed by atoms with Gasteiger partial charge < -0.3 is 19.1 Å². The van der Waals surface area contributed by atoms with Crippen LogP contribution in [0.25, 0.3) is 11.3 Å². The van der Waals surface area contributed by atoms with Gasteiger partial charge in [-0.2, -0.15) is 0 Å². The number of hydrogen-bond donors (Lipinski definition) is 0. The summed E-state index contributed by atoms with van der Waals surface area (Å²) < 4.78 is 15.0. The molecule has 0 atom stereocenters. The van der Waals surface area contributed by atoms with Gasteiger partial charge in [0, 0.05) is 16.6 Å². The number of carbonyl (C=O) groups excluding carboxylic acids is 2. The maximum Gasteiger partial charge on any atom is 0.355 e. The Hall–Kier alpha value is -2.71. The lowest BCUT2D eigenvalue weighted by atomic mass is 10.1. The fourth-order valence-electron chi connectivity index (χ4n) is 2.51. The van der Waals surface area contributed by atoms with E-state index in [1.807, 2.05) is 29.6 Å². The molecule has 3 rings (SSSR count). The smallest absolute Gasteiger partial charge is 0.355 e. The molecule has 7 nitrogen and oxygen atoms in total. The Kier molecular flexibility index (Phi) is 5.11. The van der Waals surface area contributed by atoms with Crippen LogP contribution in [0, 0.1) is 0 Å². The Morgan fingerprint density at radius 1 is 1.16 bits per heavy atom. The summed E-state index contributed by atoms with van der Waals surface area (Å²) >= 11 is 1.52. The minimum Gasteiger partial charge on any atom is -0.466 e. The van der Waals surface area contributed by atoms with Crippen molar-refractivity contribution in [3.8, 4) is 11.3 Å². The van der Waals surface area contributed by atoms with Crippen LogP contribution in [0.1, 0.15) is 0 Å². The molecule has 0 spiro atoms. The minimum absolute atomic E-state index is 0.00941. The number of nitrogens with zero attached hydrogens (tertiary/aromatic N) is 2. The molecule has 0 unspecified atom stereocenters. The normalized spacial score (nSPS) is 14.4. The summed E-state index contributed by atoms with van der Waals surface area (Å²) in [6, 6.07) is 7.46. The van der Waals surface area contributed by atoms with Crippen LogP contribution in [0.15, 0.2) is 46.4 Å². The summed E-state index contributed by atoms with van der Waals surface area (Å²) in [4.78, 5) is 30.1. The van der Waals surface area contributed by atoms with E-state index in [9.17, 15) is 9.59 Å². The van der Waals surface area contributed by atoms with Crippen LogP contribution in [-0.2, 0) is 23.8 Å². The van der Waals surface area contributed by atoms with Crippen molar-refractivity contribution >= 4 is 29.0 Å². The van der Waals surface area contributed by atoms with Crippen molar-refractivity contribution in [1.29, 1.82) is 0 Å². The van der Waals surface area contributed by atoms with Gasteiger partial charge in [0.15, 0.2) is 0 Å². The molecule has 1 aromatic heterocycles. The molecule has 1 aliphatic rings. The standard InChI is InChI=1S/C17H16N2O5S/c1-22-16(20)13-7-24-10-19(15(13)17(21)23-2)12-5-3-11(4-6-12)14-8-25-9-18-14/h3-6,8-9H,7,10H2,1-2H3. The number of carbonyl (C=O) groups is 2. The van der Waals surface area contributed by atoms with Crippen molar-refractivity contribution in [1.82, 2.24) is 4.98 Å². The summed E-state index contributed by atoms with van der Waals surface area (Å²) in [6.07, 6.45) is 0. The molecule has 0 bridgehead atoms. The number of rotatable bonds is 4. The average Bonchev–Trinajstić information content (AvgIpc) is 3.21. The molecular weight excluding hydrogens is 344 g/mol. The predicted molar refractivity (Wildman–Crippen MR) is 91.9 cm³/mol. The van der Waals surface area contributed by atoms with Gasteiger partial charge in [0.05, 0.1) is 37.6 Å². The van der Waals surface area contributed by atoms with Crippen molar-refractivity contribution in [2.24, 2.45) is 0 Å². The molecule has 130 valence electrons. The second kappa shape index (κ2) is 7.45. The van der Waals surface area contributed by atoms with E-state index in [0.29, 0.717) is 5.69 Å². The quantitative estimate of drug-likeness (QED) is 0.774. The Balaban J connectivity index is 1.99. The number of esters is 2. The lowest BCUT2D eigenvalue weighted by molar-refractivity contribution is -0.140. The molecule has 0 fully saturated rings. The first-order chi connectivity index (χ1) is 12.2. The summed E-state index contributed by atoms with van der Waals surface area (Å²) in [5.41, 5.74) is 4.56. The molecule has 0 aliphatic carbocycles. The number of ether oxygens (including phenoxy) is 3. The third-order valence-corrected chi connectivity index (χ3v) is 4.33. The summed E-state index contributed by atoms with van der Waals surface area (Å²) in [7, 11) is 2.52. The van der Waals surface area contributed by atoms with Gasteiger partial charge in [-0.15, -0.1) is 11.3 Å². The first kappa shape index (κ1) is 17.1. The summed E-state index contributed by atoms with van der Waals surface area (Å²) in [5, 5.41) is 1.95. The van der Waals surface area contributed by atoms with E-state index in [2.05, 4.69) is 4.98 Å². The van der Waals surface area contributed by atoms with E-state index >= 15 is 0 Å². The van der Waals surface area contributed by atoms with E-state index in [-0.39, 0.29) is 24.6 Å². The lowest BCUT2D eigenvalue weighted by Crippen LogP contribution is -2.38. The minimum atomic E-state index is -0.621. The van der Waals surface area contributed by atoms with Gasteiger partial charge >= 0.3 is 11.9 Å². The molecule has 2 heterocycles. The van der Waals surface area contributed by atoms with Gasteiger partial charge in [-0.25, -0.2) is 14.6 Å². The van der Waals surface area contributed by atoms with Crippen molar-refractivity contribution in [3.05, 3.63) is 46.4 Å². The first-order valence-corrected chi connectivity index (χ1v) is 8.33. The van der Waals surface area contributed by atoms with Gasteiger partial charge in [-0.05, 0) is 12.1 Å². The SMILES string of the molecule is COC(=O)C1=C(C(=O)OC)N(c2ccc(-c3cscn3)cc2)COC1. The third kappa shape index (κ3) is 3.40. The zero-order chi connectivity index (χ0) is 17.8. The first-order valence-electron chi connectivity index (χ1n) is 7.39. The zero-order valence-corrected chi connectivity index (χ0v) is 14.5. The van der Waals surface area contributed by atoms with Crippen LogP contribution in [0.2, 0.25) is 0 Å². The van der Waals surface area contributed by atoms with Crippen LogP contribution in [0.3, 0.4) is 0 Å². The summed E-state index contributed by atoms with van der Waals surface area (Å²) in [6.45, 7) is 0.117. The molecule has 0 saturated carbocycles. The lowest BCUT2D eigenvalue weighted by Gasteiger charge is -2.31. The molecular formula is C17H16N2O5S. The Morgan fingerprint density at radius 2 is 1.88 bits per heavy atom. The van der Waals surface area contributed by atoms with Crippen molar-refractivity contribution in [3.63, 3.8) is 0 Å². The molecule has 0 radical (unpaired) electrons. The maximum atomic E-state index is 12.2. The van der Waals surface area contributed by atoms with Crippen molar-refractivity contribution in [2.75, 3.05) is 32.5 Å². The van der Waals surface area contributed by atoms with E-state index in [1.165, 1.54) is 25.6 Å². The highest BCUT2D eigenvalue weighted by Gasteiger charge is 2.32. The van der Waals surface area contributed by atoms with E-state index in [1.54, 1.807) is 10.4 Å². The third-order valence-electron chi connectivity index (χ3n) is 3.74. The topological polar surface area (TPSA) is 78.0 Å². The highest BCUT2D eigenvalue weighted by molar-refractivity contribution is 7.07. The molecule has 1 aromatic carbocycles. The monoisotopic (exact) mass is 360 g/mol. The largest absolute Gasteiger partial charge is 0.466 e. The molecule has 0 saturated heterocycles. The van der Waals surface area contributed by atoms with Crippen LogP contribution >= 0.6 is 11.3 Å². The maximum absolute atomic E-state index is 12.2. The number of benzene rings is 1. The molecule has 0 amide bonds. The number of anilines is 1. The van der Waals surface area contributed by atoms with Gasteiger partial charge in [-0.1, -0.05) is 12.1 Å². The van der Waals surface area contributed by atoms with E-state index in [0.717, 1.165) is 11.3 Å². The second-order valence-corrected chi connectivity index (χ2v) is 5.86. The Morgan fingerprint density at radius 3 is 2.48 bits per heavy atom. The van der Waals surface area contributed by atoms with Gasteiger partial charge in [0.2, 0.25) is 0 Å². The predicted octanol–water partition coefficient (Wildman–Crippen LogP) is 2.20. The van der Waals surface area contributed by atoms with Crippen molar-refractivity contribution in [2.45, 2.75) is 0 Å². The Labute approximate surface area is 148 Å². The highest BCUT2D eigenvalue weighted by atomic mass is 32.1. The van der Waals surface area contributed by atoms with Crippen LogP contribution in [0.4, 0.5) is 5.69 Å². The number of methoxy groups -OCH3 is 2. The molecule has 2 aromatic rings. The van der Waals surface area contributed by atoms with Crippen LogP contribution in [-0.4, -0.2) is 44.5 Å². The average molecular weight is 360 g/mol. The fourth-order valence-corrected chi connectivity index (χ4v) is 3.08. The summed E-state index contributed by atoms with van der Waals surface area (Å²) in [5.74, 6) is -1.24. The van der Waals surface area contributed by atoms with Gasteiger partial charge in [-0.3, -0.25) is 0 Å². The molecule has 0 N–H and O–H groups in total. The van der Waals surface area contributed by atoms with Gasteiger partial charge in [0.1, 0.15) is 12.4 Å². The second-order valence-electron chi connectivity index (χ2n) is 5.14. The number of hydrogen-bond acceptors (Lipinski definition) is 8. The van der Waals surface area contributed by atoms with Crippen LogP contribution < -0.4 is 4.90 Å². The number of aromatic nitrogens is 1. The molecule has 8 heteroatoms. The zero-order valence-electron chi connectivity index (χ0n) is 13.7. The van der Waals surface area contributed by atoms with Gasteiger partial charge in [0.25, 0.3) is 0 Å². The number of thiazole rings is 1. The van der Waals surface area contributed by atoms with E-state index < -0.39 is 11.9 Å². The van der Waals surface area contributed by atoms with Crippen LogP contribution in [0.5, 0.6) is 0 Å². The van der Waals surface area contributed by atoms with E-state index in [4.69, 9.17) is 14.2 Å². The molecule has 1 aliphatic heterocycles. The Bertz CT molecular complexity index is 799. The molecule has 25 heavy (non-hydrogen) atoms.